The lowest BCUT2D eigenvalue weighted by atomic mass is 9.90. The van der Waals surface area contributed by atoms with Crippen LogP contribution in [0.3, 0.4) is 0 Å². The van der Waals surface area contributed by atoms with E-state index in [0.717, 1.165) is 26.1 Å². The molecule has 1 heterocycles. The van der Waals surface area contributed by atoms with Crippen molar-refractivity contribution >= 4 is 0 Å². The molecule has 16 heavy (non-hydrogen) atoms. The van der Waals surface area contributed by atoms with Crippen LogP contribution in [0.15, 0.2) is 18.2 Å². The van der Waals surface area contributed by atoms with Gasteiger partial charge in [-0.2, -0.15) is 0 Å². The number of nitrogens with two attached hydrogens (primary N) is 1. The van der Waals surface area contributed by atoms with E-state index >= 15 is 0 Å². The zero-order valence-electron chi connectivity index (χ0n) is 10.2. The maximum Gasteiger partial charge on any atom is 0.0510 e. The Morgan fingerprint density at radius 3 is 2.62 bits per heavy atom. The molecule has 1 aliphatic heterocycles. The zero-order chi connectivity index (χ0) is 11.5. The van der Waals surface area contributed by atoms with Gasteiger partial charge in [0, 0.05) is 12.6 Å². The molecule has 88 valence electrons. The summed E-state index contributed by atoms with van der Waals surface area (Å²) in [5.74, 6) is 0.541. The monoisotopic (exact) mass is 219 g/mol. The first-order chi connectivity index (χ1) is 7.68. The van der Waals surface area contributed by atoms with E-state index in [4.69, 9.17) is 10.5 Å². The van der Waals surface area contributed by atoms with Gasteiger partial charge in [-0.1, -0.05) is 18.2 Å². The summed E-state index contributed by atoms with van der Waals surface area (Å²) in [6, 6.07) is 6.68. The SMILES string of the molecule is Cc1cccc(C)c1CC(N)C1CCOC1. The molecule has 2 rings (SSSR count). The van der Waals surface area contributed by atoms with Gasteiger partial charge in [-0.25, -0.2) is 0 Å². The minimum atomic E-state index is 0.238. The first-order valence-electron chi connectivity index (χ1n) is 6.07. The normalized spacial score (nSPS) is 22.3. The Morgan fingerprint density at radius 1 is 1.38 bits per heavy atom. The van der Waals surface area contributed by atoms with Crippen LogP contribution in [0.25, 0.3) is 0 Å². The molecule has 2 N–H and O–H groups in total. The number of ether oxygens (including phenoxy) is 1. The van der Waals surface area contributed by atoms with Gasteiger partial charge in [-0.05, 0) is 49.3 Å². The third kappa shape index (κ3) is 2.45. The number of aryl methyl sites for hydroxylation is 2. The largest absolute Gasteiger partial charge is 0.381 e. The molecule has 0 aromatic heterocycles. The number of benzene rings is 1. The van der Waals surface area contributed by atoms with E-state index in [1.54, 1.807) is 0 Å². The Balaban J connectivity index is 2.07. The van der Waals surface area contributed by atoms with Crippen LogP contribution in [0.1, 0.15) is 23.1 Å². The second kappa shape index (κ2) is 4.98. The van der Waals surface area contributed by atoms with Gasteiger partial charge < -0.3 is 10.5 Å². The molecule has 0 saturated carbocycles. The van der Waals surface area contributed by atoms with Crippen molar-refractivity contribution in [2.45, 2.75) is 32.7 Å². The smallest absolute Gasteiger partial charge is 0.0510 e. The van der Waals surface area contributed by atoms with Crippen molar-refractivity contribution in [3.63, 3.8) is 0 Å². The highest BCUT2D eigenvalue weighted by molar-refractivity contribution is 5.34. The van der Waals surface area contributed by atoms with Crippen molar-refractivity contribution in [2.24, 2.45) is 11.7 Å². The van der Waals surface area contributed by atoms with Crippen molar-refractivity contribution in [2.75, 3.05) is 13.2 Å². The topological polar surface area (TPSA) is 35.2 Å². The summed E-state index contributed by atoms with van der Waals surface area (Å²) in [5, 5.41) is 0. The van der Waals surface area contributed by atoms with Gasteiger partial charge in [-0.15, -0.1) is 0 Å². The van der Waals surface area contributed by atoms with Crippen LogP contribution < -0.4 is 5.73 Å². The quantitative estimate of drug-likeness (QED) is 0.846. The third-order valence-electron chi connectivity index (χ3n) is 3.65. The van der Waals surface area contributed by atoms with Gasteiger partial charge in [0.25, 0.3) is 0 Å². The Morgan fingerprint density at radius 2 is 2.06 bits per heavy atom. The lowest BCUT2D eigenvalue weighted by Crippen LogP contribution is -2.33. The fourth-order valence-corrected chi connectivity index (χ4v) is 2.46. The maximum absolute atomic E-state index is 6.27. The van der Waals surface area contributed by atoms with E-state index in [9.17, 15) is 0 Å². The molecule has 0 spiro atoms. The van der Waals surface area contributed by atoms with E-state index in [2.05, 4.69) is 32.0 Å². The summed E-state index contributed by atoms with van der Waals surface area (Å²) >= 11 is 0. The Hall–Kier alpha value is -0.860. The molecule has 1 aliphatic rings. The molecule has 0 amide bonds. The second-order valence-corrected chi connectivity index (χ2v) is 4.86. The highest BCUT2D eigenvalue weighted by Gasteiger charge is 2.23. The van der Waals surface area contributed by atoms with Gasteiger partial charge in [0.05, 0.1) is 6.61 Å². The molecule has 1 aromatic carbocycles. The highest BCUT2D eigenvalue weighted by atomic mass is 16.5. The number of hydrogen-bond acceptors (Lipinski definition) is 2. The van der Waals surface area contributed by atoms with Gasteiger partial charge in [0.2, 0.25) is 0 Å². The van der Waals surface area contributed by atoms with Gasteiger partial charge in [-0.3, -0.25) is 0 Å². The molecule has 2 nitrogen and oxygen atoms in total. The summed E-state index contributed by atoms with van der Waals surface area (Å²) in [5.41, 5.74) is 10.4. The molecule has 2 unspecified atom stereocenters. The summed E-state index contributed by atoms with van der Waals surface area (Å²) in [7, 11) is 0. The van der Waals surface area contributed by atoms with E-state index in [0.29, 0.717) is 5.92 Å². The molecule has 2 heteroatoms. The average Bonchev–Trinajstić information content (AvgIpc) is 2.76. The van der Waals surface area contributed by atoms with E-state index < -0.39 is 0 Å². The van der Waals surface area contributed by atoms with Gasteiger partial charge >= 0.3 is 0 Å². The van der Waals surface area contributed by atoms with E-state index in [1.807, 2.05) is 0 Å². The van der Waals surface area contributed by atoms with Gasteiger partial charge in [0.1, 0.15) is 0 Å². The van der Waals surface area contributed by atoms with Crippen LogP contribution in [-0.2, 0) is 11.2 Å². The Bertz CT molecular complexity index is 336. The van der Waals surface area contributed by atoms with Gasteiger partial charge in [0.15, 0.2) is 0 Å². The van der Waals surface area contributed by atoms with Crippen LogP contribution in [0, 0.1) is 19.8 Å². The second-order valence-electron chi connectivity index (χ2n) is 4.86. The van der Waals surface area contributed by atoms with Crippen molar-refractivity contribution in [3.05, 3.63) is 34.9 Å². The van der Waals surface area contributed by atoms with Crippen LogP contribution in [0.4, 0.5) is 0 Å². The zero-order valence-corrected chi connectivity index (χ0v) is 10.2. The summed E-state index contributed by atoms with van der Waals surface area (Å²) in [4.78, 5) is 0. The fourth-order valence-electron chi connectivity index (χ4n) is 2.46. The van der Waals surface area contributed by atoms with Crippen molar-refractivity contribution < 1.29 is 4.74 Å². The third-order valence-corrected chi connectivity index (χ3v) is 3.65. The predicted octanol–water partition coefficient (Wildman–Crippen LogP) is 2.21. The first kappa shape index (κ1) is 11.6. The molecule has 2 atom stereocenters. The van der Waals surface area contributed by atoms with Crippen molar-refractivity contribution in [1.82, 2.24) is 0 Å². The van der Waals surface area contributed by atoms with Crippen molar-refractivity contribution in [3.8, 4) is 0 Å². The van der Waals surface area contributed by atoms with Crippen molar-refractivity contribution in [1.29, 1.82) is 0 Å². The predicted molar refractivity (Wildman–Crippen MR) is 66.5 cm³/mol. The molecule has 1 saturated heterocycles. The fraction of sp³-hybridized carbons (Fsp3) is 0.571. The minimum absolute atomic E-state index is 0.238. The Labute approximate surface area is 97.8 Å². The average molecular weight is 219 g/mol. The summed E-state index contributed by atoms with van der Waals surface area (Å²) in [6.45, 7) is 6.05. The lowest BCUT2D eigenvalue weighted by Gasteiger charge is -2.20. The van der Waals surface area contributed by atoms with Crippen LogP contribution in [-0.4, -0.2) is 19.3 Å². The number of hydrogen-bond donors (Lipinski definition) is 1. The molecule has 1 fully saturated rings. The van der Waals surface area contributed by atoms with E-state index in [-0.39, 0.29) is 6.04 Å². The molecule has 0 aliphatic carbocycles. The maximum atomic E-state index is 6.27. The minimum Gasteiger partial charge on any atom is -0.381 e. The molecule has 1 aromatic rings. The summed E-state index contributed by atoms with van der Waals surface area (Å²) < 4.78 is 5.40. The molecular weight excluding hydrogens is 198 g/mol. The van der Waals surface area contributed by atoms with Crippen LogP contribution in [0.2, 0.25) is 0 Å². The highest BCUT2D eigenvalue weighted by Crippen LogP contribution is 2.21. The molecule has 0 bridgehead atoms. The molecular formula is C14H21NO. The first-order valence-corrected chi connectivity index (χ1v) is 6.07. The molecule has 0 radical (unpaired) electrons. The van der Waals surface area contributed by atoms with Crippen LogP contribution >= 0.6 is 0 Å². The van der Waals surface area contributed by atoms with Crippen LogP contribution in [0.5, 0.6) is 0 Å². The summed E-state index contributed by atoms with van der Waals surface area (Å²) in [6.07, 6.45) is 2.10. The number of rotatable bonds is 3. The lowest BCUT2D eigenvalue weighted by molar-refractivity contribution is 0.180. The Kier molecular flexibility index (Phi) is 3.62. The standard InChI is InChI=1S/C14H21NO/c1-10-4-3-5-11(2)13(10)8-14(15)12-6-7-16-9-12/h3-5,12,14H,6-9,15H2,1-2H3. The van der Waals surface area contributed by atoms with E-state index in [1.165, 1.54) is 16.7 Å².